The van der Waals surface area contributed by atoms with Crippen LogP contribution >= 0.6 is 11.6 Å². The summed E-state index contributed by atoms with van der Waals surface area (Å²) in [7, 11) is 1.54. The van der Waals surface area contributed by atoms with Crippen molar-refractivity contribution in [3.05, 3.63) is 52.5 Å². The number of nitrogens with two attached hydrogens (primary N) is 1. The fraction of sp³-hybridized carbons (Fsp3) is 0.278. The molecule has 0 saturated carbocycles. The molecule has 0 spiro atoms. The van der Waals surface area contributed by atoms with E-state index in [1.165, 1.54) is 0 Å². The van der Waals surface area contributed by atoms with E-state index in [4.69, 9.17) is 26.8 Å². The lowest BCUT2D eigenvalue weighted by Gasteiger charge is -2.17. The first kappa shape index (κ1) is 17.2. The molecule has 4 nitrogen and oxygen atoms in total. The number of carbonyl (C=O) groups is 1. The Kier molecular flexibility index (Phi) is 5.50. The third-order valence-corrected chi connectivity index (χ3v) is 3.84. The Hall–Kier alpha value is -2.20. The number of hydrogen-bond acceptors (Lipinski definition) is 4. The van der Waals surface area contributed by atoms with E-state index in [1.807, 2.05) is 13.8 Å². The number of hydrogen-bond donors (Lipinski definition) is 1. The molecule has 2 N–H and O–H groups in total. The van der Waals surface area contributed by atoms with Gasteiger partial charge in [-0.05, 0) is 43.7 Å². The normalized spacial score (nSPS) is 11.8. The van der Waals surface area contributed by atoms with Gasteiger partial charge in [0, 0.05) is 27.9 Å². The summed E-state index contributed by atoms with van der Waals surface area (Å²) in [4.78, 5) is 12.7. The molecule has 2 aromatic carbocycles. The van der Waals surface area contributed by atoms with Gasteiger partial charge < -0.3 is 15.2 Å². The Labute approximate surface area is 141 Å². The van der Waals surface area contributed by atoms with Crippen LogP contribution in [0.1, 0.15) is 36.2 Å². The molecule has 122 valence electrons. The minimum Gasteiger partial charge on any atom is -0.493 e. The van der Waals surface area contributed by atoms with Crippen molar-refractivity contribution < 1.29 is 14.3 Å². The summed E-state index contributed by atoms with van der Waals surface area (Å²) in [6.45, 7) is 3.98. The van der Waals surface area contributed by atoms with Gasteiger partial charge in [-0.1, -0.05) is 18.5 Å². The van der Waals surface area contributed by atoms with Crippen LogP contribution in [0.4, 0.5) is 5.69 Å². The minimum absolute atomic E-state index is 0.00556. The average molecular weight is 334 g/mol. The van der Waals surface area contributed by atoms with E-state index in [2.05, 4.69) is 0 Å². The van der Waals surface area contributed by atoms with Crippen molar-refractivity contribution in [3.63, 3.8) is 0 Å². The molecule has 0 unspecified atom stereocenters. The summed E-state index contributed by atoms with van der Waals surface area (Å²) in [6, 6.07) is 9.93. The van der Waals surface area contributed by atoms with E-state index in [9.17, 15) is 4.79 Å². The maximum atomic E-state index is 12.7. The van der Waals surface area contributed by atoms with E-state index in [0.717, 1.165) is 6.42 Å². The van der Waals surface area contributed by atoms with Gasteiger partial charge in [0.15, 0.2) is 17.3 Å². The molecule has 0 aliphatic heterocycles. The van der Waals surface area contributed by atoms with Crippen LogP contribution in [0.25, 0.3) is 0 Å². The van der Waals surface area contributed by atoms with Crippen LogP contribution < -0.4 is 15.2 Å². The van der Waals surface area contributed by atoms with Gasteiger partial charge in [-0.15, -0.1) is 0 Å². The van der Waals surface area contributed by atoms with Gasteiger partial charge in [-0.3, -0.25) is 4.79 Å². The predicted octanol–water partition coefficient (Wildman–Crippen LogP) is 4.34. The fourth-order valence-corrected chi connectivity index (χ4v) is 2.21. The first-order chi connectivity index (χ1) is 11.0. The third kappa shape index (κ3) is 3.96. The largest absolute Gasteiger partial charge is 0.493 e. The van der Waals surface area contributed by atoms with Crippen LogP contribution in [0.3, 0.4) is 0 Å². The summed E-state index contributed by atoms with van der Waals surface area (Å²) in [5, 5.41) is 0.574. The monoisotopic (exact) mass is 333 g/mol. The zero-order valence-electron chi connectivity index (χ0n) is 13.4. The molecule has 0 radical (unpaired) electrons. The van der Waals surface area contributed by atoms with E-state index in [0.29, 0.717) is 33.3 Å². The summed E-state index contributed by atoms with van der Waals surface area (Å²) in [5.74, 6) is 0.833. The third-order valence-electron chi connectivity index (χ3n) is 3.59. The van der Waals surface area contributed by atoms with E-state index in [-0.39, 0.29) is 11.9 Å². The van der Waals surface area contributed by atoms with Gasteiger partial charge in [0.1, 0.15) is 0 Å². The first-order valence-electron chi connectivity index (χ1n) is 7.40. The predicted molar refractivity (Wildman–Crippen MR) is 92.7 cm³/mol. The molecule has 0 amide bonds. The smallest absolute Gasteiger partial charge is 0.195 e. The number of rotatable bonds is 6. The second-order valence-electron chi connectivity index (χ2n) is 5.26. The molecule has 2 aromatic rings. The highest BCUT2D eigenvalue weighted by Gasteiger charge is 2.18. The Morgan fingerprint density at radius 1 is 1.22 bits per heavy atom. The Morgan fingerprint density at radius 3 is 2.43 bits per heavy atom. The Balaban J connectivity index is 2.43. The highest BCUT2D eigenvalue weighted by Crippen LogP contribution is 2.34. The zero-order chi connectivity index (χ0) is 17.0. The van der Waals surface area contributed by atoms with Crippen molar-refractivity contribution >= 4 is 23.1 Å². The van der Waals surface area contributed by atoms with Crippen LogP contribution in [0.15, 0.2) is 36.4 Å². The summed E-state index contributed by atoms with van der Waals surface area (Å²) < 4.78 is 11.1. The quantitative estimate of drug-likeness (QED) is 0.631. The minimum atomic E-state index is -0.184. The topological polar surface area (TPSA) is 61.5 Å². The fourth-order valence-electron chi connectivity index (χ4n) is 2.08. The number of benzene rings is 2. The lowest BCUT2D eigenvalue weighted by molar-refractivity contribution is 0.103. The van der Waals surface area contributed by atoms with Gasteiger partial charge >= 0.3 is 0 Å². The van der Waals surface area contributed by atoms with E-state index in [1.54, 1.807) is 43.5 Å². The molecule has 5 heteroatoms. The van der Waals surface area contributed by atoms with Gasteiger partial charge in [-0.25, -0.2) is 0 Å². The van der Waals surface area contributed by atoms with Crippen molar-refractivity contribution in [3.8, 4) is 11.5 Å². The van der Waals surface area contributed by atoms with Crippen LogP contribution in [0.5, 0.6) is 11.5 Å². The maximum Gasteiger partial charge on any atom is 0.195 e. The SMILES string of the molecule is CC[C@@H](C)Oc1cc(C(=O)c2ccc(Cl)cc2)c(N)cc1OC. The van der Waals surface area contributed by atoms with E-state index < -0.39 is 0 Å². The van der Waals surface area contributed by atoms with Gasteiger partial charge in [-0.2, -0.15) is 0 Å². The molecule has 0 aliphatic carbocycles. The van der Waals surface area contributed by atoms with Crippen molar-refractivity contribution in [1.29, 1.82) is 0 Å². The number of halogens is 1. The van der Waals surface area contributed by atoms with Crippen molar-refractivity contribution in [2.24, 2.45) is 0 Å². The molecule has 2 rings (SSSR count). The Bertz CT molecular complexity index is 698. The number of methoxy groups -OCH3 is 1. The molecule has 1 atom stereocenters. The highest BCUT2D eigenvalue weighted by atomic mass is 35.5. The summed E-state index contributed by atoms with van der Waals surface area (Å²) >= 11 is 5.86. The number of ether oxygens (including phenoxy) is 2. The average Bonchev–Trinajstić information content (AvgIpc) is 2.55. The maximum absolute atomic E-state index is 12.7. The van der Waals surface area contributed by atoms with Crippen LogP contribution in [-0.2, 0) is 0 Å². The van der Waals surface area contributed by atoms with Crippen LogP contribution in [0, 0.1) is 0 Å². The number of nitrogen functional groups attached to an aromatic ring is 1. The lowest BCUT2D eigenvalue weighted by Crippen LogP contribution is -2.12. The van der Waals surface area contributed by atoms with E-state index >= 15 is 0 Å². The number of carbonyl (C=O) groups excluding carboxylic acids is 1. The van der Waals surface area contributed by atoms with Gasteiger partial charge in [0.25, 0.3) is 0 Å². The molecule has 0 aliphatic rings. The summed E-state index contributed by atoms with van der Waals surface area (Å²) in [5.41, 5.74) is 7.26. The van der Waals surface area contributed by atoms with Crippen molar-refractivity contribution in [2.75, 3.05) is 12.8 Å². The number of anilines is 1. The van der Waals surface area contributed by atoms with Crippen LogP contribution in [0.2, 0.25) is 5.02 Å². The molecule has 23 heavy (non-hydrogen) atoms. The standard InChI is InChI=1S/C18H20ClNO3/c1-4-11(2)23-17-9-14(15(20)10-16(17)22-3)18(21)12-5-7-13(19)8-6-12/h5-11H,4,20H2,1-3H3/t11-/m1/s1. The van der Waals surface area contributed by atoms with Crippen LogP contribution in [-0.4, -0.2) is 19.0 Å². The second-order valence-corrected chi connectivity index (χ2v) is 5.70. The van der Waals surface area contributed by atoms with Crippen molar-refractivity contribution in [1.82, 2.24) is 0 Å². The van der Waals surface area contributed by atoms with Gasteiger partial charge in [0.2, 0.25) is 0 Å². The van der Waals surface area contributed by atoms with Gasteiger partial charge in [0.05, 0.1) is 13.2 Å². The highest BCUT2D eigenvalue weighted by molar-refractivity contribution is 6.30. The molecule has 0 saturated heterocycles. The first-order valence-corrected chi connectivity index (χ1v) is 7.78. The molecular formula is C18H20ClNO3. The lowest BCUT2D eigenvalue weighted by atomic mass is 10.0. The summed E-state index contributed by atoms with van der Waals surface area (Å²) in [6.07, 6.45) is 0.847. The zero-order valence-corrected chi connectivity index (χ0v) is 14.2. The Morgan fingerprint density at radius 2 is 1.87 bits per heavy atom. The molecule has 0 bridgehead atoms. The molecule has 0 heterocycles. The molecule has 0 fully saturated rings. The van der Waals surface area contributed by atoms with Crippen molar-refractivity contribution in [2.45, 2.75) is 26.4 Å². The number of ketones is 1. The molecular weight excluding hydrogens is 314 g/mol. The molecule has 0 aromatic heterocycles. The second kappa shape index (κ2) is 7.38.